The van der Waals surface area contributed by atoms with Gasteiger partial charge in [0.15, 0.2) is 0 Å². The molecule has 37 heavy (non-hydrogen) atoms. The Labute approximate surface area is 223 Å². The Morgan fingerprint density at radius 1 is 1.08 bits per heavy atom. The third kappa shape index (κ3) is 6.52. The highest BCUT2D eigenvalue weighted by atomic mass is 32.2. The third-order valence-corrected chi connectivity index (χ3v) is 7.26. The first-order valence-corrected chi connectivity index (χ1v) is 13.4. The molecule has 0 radical (unpaired) electrons. The van der Waals surface area contributed by atoms with Gasteiger partial charge in [-0.15, -0.1) is 11.8 Å². The molecule has 0 saturated carbocycles. The van der Waals surface area contributed by atoms with E-state index in [0.29, 0.717) is 19.6 Å². The fourth-order valence-corrected chi connectivity index (χ4v) is 5.56. The summed E-state index contributed by atoms with van der Waals surface area (Å²) in [6.45, 7) is 13.2. The molecule has 0 bridgehead atoms. The van der Waals surface area contributed by atoms with E-state index in [2.05, 4.69) is 42.6 Å². The summed E-state index contributed by atoms with van der Waals surface area (Å²) in [5.41, 5.74) is 5.92. The van der Waals surface area contributed by atoms with E-state index in [1.54, 1.807) is 24.2 Å². The van der Waals surface area contributed by atoms with Gasteiger partial charge in [-0.1, -0.05) is 26.8 Å². The van der Waals surface area contributed by atoms with Crippen molar-refractivity contribution in [1.82, 2.24) is 15.0 Å². The average Bonchev–Trinajstić information content (AvgIpc) is 3.21. The van der Waals surface area contributed by atoms with Gasteiger partial charge < -0.3 is 14.5 Å². The zero-order chi connectivity index (χ0) is 26.6. The van der Waals surface area contributed by atoms with Gasteiger partial charge in [0, 0.05) is 50.4 Å². The fraction of sp³-hybridized carbons (Fsp3) is 0.367. The van der Waals surface area contributed by atoms with Crippen LogP contribution in [0.3, 0.4) is 0 Å². The van der Waals surface area contributed by atoms with Crippen LogP contribution in [0, 0.1) is 13.8 Å². The second-order valence-electron chi connectivity index (χ2n) is 10.2. The fourth-order valence-electron chi connectivity index (χ4n) is 4.28. The summed E-state index contributed by atoms with van der Waals surface area (Å²) in [4.78, 5) is 26.5. The number of thioether (sulfide) groups is 1. The first-order chi connectivity index (χ1) is 17.7. The number of pyridine rings is 2. The number of esters is 1. The highest BCUT2D eigenvalue weighted by Gasteiger charge is 2.31. The Bertz CT molecular complexity index is 1360. The van der Waals surface area contributed by atoms with Crippen molar-refractivity contribution in [2.45, 2.75) is 70.1 Å². The van der Waals surface area contributed by atoms with E-state index < -0.39 is 5.92 Å². The molecule has 3 aromatic heterocycles. The van der Waals surface area contributed by atoms with Gasteiger partial charge in [0.25, 0.3) is 0 Å². The molecule has 0 aliphatic carbocycles. The summed E-state index contributed by atoms with van der Waals surface area (Å²) >= 11 is 1.76. The molecule has 4 aromatic rings. The topological polar surface area (TPSA) is 77.1 Å². The molecule has 0 spiro atoms. The van der Waals surface area contributed by atoms with Gasteiger partial charge in [0.1, 0.15) is 18.3 Å². The number of hydrogen-bond acceptors (Lipinski definition) is 6. The molecule has 0 aliphatic rings. The summed E-state index contributed by atoms with van der Waals surface area (Å²) in [5.74, 6) is 0.0966. The first-order valence-electron chi connectivity index (χ1n) is 12.6. The maximum atomic E-state index is 13.3. The van der Waals surface area contributed by atoms with Crippen LogP contribution in [0.15, 0.2) is 59.9 Å². The van der Waals surface area contributed by atoms with Gasteiger partial charge in [-0.25, -0.2) is 0 Å². The van der Waals surface area contributed by atoms with Crippen LogP contribution in [0.25, 0.3) is 10.9 Å². The van der Waals surface area contributed by atoms with Crippen molar-refractivity contribution < 1.29 is 14.3 Å². The van der Waals surface area contributed by atoms with Gasteiger partial charge in [-0.05, 0) is 68.7 Å². The smallest absolute Gasteiger partial charge is 0.315 e. The molecule has 0 aliphatic heterocycles. The first kappa shape index (κ1) is 26.7. The van der Waals surface area contributed by atoms with E-state index in [1.807, 2.05) is 56.4 Å². The lowest BCUT2D eigenvalue weighted by Crippen LogP contribution is -2.20. The normalized spacial score (nSPS) is 12.5. The SMILES string of the molecule is CCOC(=O)C(Cc1ccncc1)c1[nH]c2ccc(OCc3ccc(C)cn3)c(C)c2c1SC(C)(C)C. The van der Waals surface area contributed by atoms with Gasteiger partial charge in [0.2, 0.25) is 0 Å². The molecule has 1 atom stereocenters. The molecule has 7 heteroatoms. The molecule has 0 amide bonds. The molecule has 0 fully saturated rings. The number of H-pyrrole nitrogens is 1. The minimum Gasteiger partial charge on any atom is -0.487 e. The molecule has 1 aromatic carbocycles. The van der Waals surface area contributed by atoms with Crippen LogP contribution < -0.4 is 4.74 Å². The lowest BCUT2D eigenvalue weighted by atomic mass is 9.96. The van der Waals surface area contributed by atoms with E-state index in [1.165, 1.54) is 0 Å². The van der Waals surface area contributed by atoms with Crippen molar-refractivity contribution in [3.05, 3.63) is 83.1 Å². The Balaban J connectivity index is 1.79. The van der Waals surface area contributed by atoms with Crippen LogP contribution in [0.5, 0.6) is 5.75 Å². The van der Waals surface area contributed by atoms with Crippen LogP contribution in [0.1, 0.15) is 61.7 Å². The van der Waals surface area contributed by atoms with Gasteiger partial charge in [0.05, 0.1) is 12.3 Å². The van der Waals surface area contributed by atoms with Crippen molar-refractivity contribution in [2.24, 2.45) is 0 Å². The van der Waals surface area contributed by atoms with Crippen LogP contribution in [-0.4, -0.2) is 32.3 Å². The van der Waals surface area contributed by atoms with Crippen LogP contribution in [0.2, 0.25) is 0 Å². The molecular formula is C30H35N3O3S. The zero-order valence-electron chi connectivity index (χ0n) is 22.4. The second-order valence-corrected chi connectivity index (χ2v) is 12.0. The number of fused-ring (bicyclic) bond motifs is 1. The molecule has 194 valence electrons. The highest BCUT2D eigenvalue weighted by Crippen LogP contribution is 2.45. The Kier molecular flexibility index (Phi) is 8.22. The number of hydrogen-bond donors (Lipinski definition) is 1. The predicted octanol–water partition coefficient (Wildman–Crippen LogP) is 6.93. The summed E-state index contributed by atoms with van der Waals surface area (Å²) < 4.78 is 11.7. The minimum absolute atomic E-state index is 0.0745. The lowest BCUT2D eigenvalue weighted by Gasteiger charge is -2.22. The molecule has 1 unspecified atom stereocenters. The molecule has 6 nitrogen and oxygen atoms in total. The van der Waals surface area contributed by atoms with Gasteiger partial charge in [-0.3, -0.25) is 14.8 Å². The molecule has 0 saturated heterocycles. The van der Waals surface area contributed by atoms with Crippen molar-refractivity contribution in [3.63, 3.8) is 0 Å². The summed E-state index contributed by atoms with van der Waals surface area (Å²) in [7, 11) is 0. The summed E-state index contributed by atoms with van der Waals surface area (Å²) in [6, 6.07) is 11.9. The van der Waals surface area contributed by atoms with E-state index in [4.69, 9.17) is 9.47 Å². The molecule has 3 heterocycles. The van der Waals surface area contributed by atoms with E-state index >= 15 is 0 Å². The minimum atomic E-state index is -0.472. The third-order valence-electron chi connectivity index (χ3n) is 6.02. The van der Waals surface area contributed by atoms with E-state index in [9.17, 15) is 4.79 Å². The number of carbonyl (C=O) groups is 1. The number of carbonyl (C=O) groups excluding carboxylic acids is 1. The number of benzene rings is 1. The number of ether oxygens (including phenoxy) is 2. The largest absolute Gasteiger partial charge is 0.487 e. The van der Waals surface area contributed by atoms with Gasteiger partial charge >= 0.3 is 5.97 Å². The highest BCUT2D eigenvalue weighted by molar-refractivity contribution is 8.00. The number of nitrogens with zero attached hydrogens (tertiary/aromatic N) is 2. The number of nitrogens with one attached hydrogen (secondary N) is 1. The van der Waals surface area contributed by atoms with Crippen molar-refractivity contribution in [3.8, 4) is 5.75 Å². The van der Waals surface area contributed by atoms with Crippen LogP contribution in [-0.2, 0) is 22.6 Å². The standard InChI is InChI=1S/C30H35N3O3S/c1-7-35-29(34)23(16-21-12-14-31-15-13-21)27-28(37-30(4,5)6)26-20(3)25(11-10-24(26)33-27)36-18-22-9-8-19(2)17-32-22/h8-15,17,23,33H,7,16,18H2,1-6H3. The van der Waals surface area contributed by atoms with Crippen LogP contribution >= 0.6 is 11.8 Å². The molecule has 4 rings (SSSR count). The number of aryl methyl sites for hydroxylation is 2. The Hall–Kier alpha value is -3.32. The average molecular weight is 518 g/mol. The molecule has 1 N–H and O–H groups in total. The second kappa shape index (κ2) is 11.4. The monoisotopic (exact) mass is 517 g/mol. The summed E-state index contributed by atoms with van der Waals surface area (Å²) in [6.07, 6.45) is 5.88. The predicted molar refractivity (Wildman–Crippen MR) is 149 cm³/mol. The van der Waals surface area contributed by atoms with E-state index in [-0.39, 0.29) is 10.7 Å². The summed E-state index contributed by atoms with van der Waals surface area (Å²) in [5, 5.41) is 1.08. The molecular weight excluding hydrogens is 482 g/mol. The Morgan fingerprint density at radius 3 is 2.49 bits per heavy atom. The maximum absolute atomic E-state index is 13.3. The maximum Gasteiger partial charge on any atom is 0.315 e. The van der Waals surface area contributed by atoms with Crippen molar-refractivity contribution in [1.29, 1.82) is 0 Å². The number of rotatable bonds is 9. The number of aromatic amines is 1. The number of aromatic nitrogens is 3. The Morgan fingerprint density at radius 2 is 1.84 bits per heavy atom. The van der Waals surface area contributed by atoms with Crippen molar-refractivity contribution in [2.75, 3.05) is 6.61 Å². The van der Waals surface area contributed by atoms with Gasteiger partial charge in [-0.2, -0.15) is 0 Å². The zero-order valence-corrected chi connectivity index (χ0v) is 23.2. The van der Waals surface area contributed by atoms with Crippen LogP contribution in [0.4, 0.5) is 0 Å². The van der Waals surface area contributed by atoms with Crippen molar-refractivity contribution >= 4 is 28.6 Å². The quantitative estimate of drug-likeness (QED) is 0.192. The van der Waals surface area contributed by atoms with E-state index in [0.717, 1.165) is 49.6 Å². The lowest BCUT2D eigenvalue weighted by molar-refractivity contribution is -0.145.